The van der Waals surface area contributed by atoms with Gasteiger partial charge in [-0.15, -0.1) is 0 Å². The first-order valence-electron chi connectivity index (χ1n) is 7.87. The number of hydrogen-bond donors (Lipinski definition) is 1. The summed E-state index contributed by atoms with van der Waals surface area (Å²) in [6.07, 6.45) is 5.04. The molecule has 0 atom stereocenters. The standard InChI is InChI=1S/C19H13FN4OS/c20-15-3-1-2-13(7-15)9-22-19-24-18(25)17(26-19)8-12-4-5-16-14(6-12)10-21-11-23-16/h1-8,10-11H,9H2,(H,22,24,25)/b17-8-. The maximum absolute atomic E-state index is 13.2. The number of thioether (sulfide) groups is 1. The summed E-state index contributed by atoms with van der Waals surface area (Å²) in [7, 11) is 0. The second kappa shape index (κ2) is 7.05. The number of benzene rings is 2. The third-order valence-corrected chi connectivity index (χ3v) is 4.72. The molecular weight excluding hydrogens is 351 g/mol. The van der Waals surface area contributed by atoms with Gasteiger partial charge in [0.2, 0.25) is 0 Å². The van der Waals surface area contributed by atoms with E-state index in [1.807, 2.05) is 18.2 Å². The number of carbonyl (C=O) groups excluding carboxylic acids is 1. The molecule has 0 aliphatic carbocycles. The summed E-state index contributed by atoms with van der Waals surface area (Å²) in [5.41, 5.74) is 2.48. The van der Waals surface area contributed by atoms with Gasteiger partial charge in [0.05, 0.1) is 17.0 Å². The predicted molar refractivity (Wildman–Crippen MR) is 101 cm³/mol. The van der Waals surface area contributed by atoms with Crippen LogP contribution in [-0.4, -0.2) is 21.0 Å². The van der Waals surface area contributed by atoms with Crippen molar-refractivity contribution in [3.8, 4) is 0 Å². The third-order valence-electron chi connectivity index (χ3n) is 3.77. The summed E-state index contributed by atoms with van der Waals surface area (Å²) >= 11 is 1.27. The van der Waals surface area contributed by atoms with Crippen molar-refractivity contribution in [2.24, 2.45) is 4.99 Å². The van der Waals surface area contributed by atoms with Crippen molar-refractivity contribution in [3.05, 3.63) is 76.8 Å². The first-order valence-corrected chi connectivity index (χ1v) is 8.68. The maximum atomic E-state index is 13.2. The monoisotopic (exact) mass is 364 g/mol. The Morgan fingerprint density at radius 1 is 1.23 bits per heavy atom. The molecule has 1 aliphatic heterocycles. The van der Waals surface area contributed by atoms with Gasteiger partial charge >= 0.3 is 0 Å². The summed E-state index contributed by atoms with van der Waals surface area (Å²) in [5.74, 6) is -0.496. The van der Waals surface area contributed by atoms with E-state index in [0.29, 0.717) is 16.6 Å². The average Bonchev–Trinajstić information content (AvgIpc) is 2.99. The van der Waals surface area contributed by atoms with Gasteiger partial charge in [-0.05, 0) is 53.2 Å². The molecule has 26 heavy (non-hydrogen) atoms. The molecule has 2 aromatic carbocycles. The van der Waals surface area contributed by atoms with E-state index in [9.17, 15) is 9.18 Å². The van der Waals surface area contributed by atoms with Gasteiger partial charge in [0, 0.05) is 11.6 Å². The Balaban J connectivity index is 1.53. The van der Waals surface area contributed by atoms with Crippen LogP contribution in [0.5, 0.6) is 0 Å². The third kappa shape index (κ3) is 3.62. The summed E-state index contributed by atoms with van der Waals surface area (Å²) in [6.45, 7) is 0.307. The van der Waals surface area contributed by atoms with Crippen LogP contribution < -0.4 is 5.32 Å². The minimum absolute atomic E-state index is 0.197. The van der Waals surface area contributed by atoms with Crippen LogP contribution in [-0.2, 0) is 11.3 Å². The molecule has 7 heteroatoms. The van der Waals surface area contributed by atoms with Gasteiger partial charge < -0.3 is 5.32 Å². The van der Waals surface area contributed by atoms with Crippen LogP contribution >= 0.6 is 11.8 Å². The number of aromatic nitrogens is 2. The first-order chi connectivity index (χ1) is 12.7. The number of hydrogen-bond acceptors (Lipinski definition) is 5. The lowest BCUT2D eigenvalue weighted by molar-refractivity contribution is -0.115. The Hall–Kier alpha value is -3.06. The van der Waals surface area contributed by atoms with Crippen LogP contribution in [0.15, 0.2) is 64.9 Å². The Morgan fingerprint density at radius 3 is 3.04 bits per heavy atom. The molecule has 1 fully saturated rings. The maximum Gasteiger partial charge on any atom is 0.264 e. The predicted octanol–water partition coefficient (Wildman–Crippen LogP) is 3.53. The lowest BCUT2D eigenvalue weighted by Gasteiger charge is -1.99. The van der Waals surface area contributed by atoms with Gasteiger partial charge in [-0.3, -0.25) is 9.79 Å². The highest BCUT2D eigenvalue weighted by Crippen LogP contribution is 2.27. The van der Waals surface area contributed by atoms with E-state index in [2.05, 4.69) is 20.3 Å². The van der Waals surface area contributed by atoms with Crippen LogP contribution in [0, 0.1) is 5.82 Å². The highest BCUT2D eigenvalue weighted by Gasteiger charge is 2.23. The molecule has 0 bridgehead atoms. The molecule has 5 nitrogen and oxygen atoms in total. The van der Waals surface area contributed by atoms with Gasteiger partial charge in [0.15, 0.2) is 5.17 Å². The van der Waals surface area contributed by atoms with E-state index in [4.69, 9.17) is 0 Å². The topological polar surface area (TPSA) is 67.2 Å². The van der Waals surface area contributed by atoms with E-state index < -0.39 is 0 Å². The lowest BCUT2D eigenvalue weighted by Crippen LogP contribution is -2.19. The van der Waals surface area contributed by atoms with Crippen LogP contribution in [0.25, 0.3) is 17.0 Å². The lowest BCUT2D eigenvalue weighted by atomic mass is 10.1. The van der Waals surface area contributed by atoms with Gasteiger partial charge in [-0.25, -0.2) is 14.4 Å². The summed E-state index contributed by atoms with van der Waals surface area (Å²) in [5, 5.41) is 4.15. The minimum atomic E-state index is -0.299. The molecule has 1 N–H and O–H groups in total. The van der Waals surface area contributed by atoms with E-state index in [0.717, 1.165) is 22.0 Å². The molecule has 128 valence electrons. The fourth-order valence-corrected chi connectivity index (χ4v) is 3.36. The first kappa shape index (κ1) is 16.4. The number of aliphatic imine (C=N–C) groups is 1. The molecule has 1 aromatic heterocycles. The van der Waals surface area contributed by atoms with Gasteiger partial charge in [-0.2, -0.15) is 0 Å². The normalized spacial score (nSPS) is 17.2. The number of nitrogens with one attached hydrogen (secondary N) is 1. The van der Waals surface area contributed by atoms with Gasteiger partial charge in [0.25, 0.3) is 5.91 Å². The molecule has 0 saturated carbocycles. The Kier molecular flexibility index (Phi) is 4.45. The molecular formula is C19H13FN4OS. The van der Waals surface area contributed by atoms with E-state index >= 15 is 0 Å². The van der Waals surface area contributed by atoms with Crippen molar-refractivity contribution >= 4 is 39.8 Å². The van der Waals surface area contributed by atoms with Crippen molar-refractivity contribution < 1.29 is 9.18 Å². The number of amidine groups is 1. The zero-order valence-electron chi connectivity index (χ0n) is 13.5. The van der Waals surface area contributed by atoms with Crippen molar-refractivity contribution in [1.82, 2.24) is 15.3 Å². The molecule has 1 aliphatic rings. The van der Waals surface area contributed by atoms with Crippen LogP contribution in [0.2, 0.25) is 0 Å². The molecule has 1 amide bonds. The largest absolute Gasteiger partial charge is 0.301 e. The summed E-state index contributed by atoms with van der Waals surface area (Å²) in [4.78, 5) is 25.2. The molecule has 2 heterocycles. The number of rotatable bonds is 3. The zero-order chi connectivity index (χ0) is 17.9. The van der Waals surface area contributed by atoms with E-state index in [-0.39, 0.29) is 11.7 Å². The number of nitrogens with zero attached hydrogens (tertiary/aromatic N) is 3. The van der Waals surface area contributed by atoms with Crippen LogP contribution in [0.4, 0.5) is 4.39 Å². The van der Waals surface area contributed by atoms with Crippen molar-refractivity contribution in [2.45, 2.75) is 6.54 Å². The van der Waals surface area contributed by atoms with Gasteiger partial charge in [0.1, 0.15) is 12.1 Å². The Morgan fingerprint density at radius 2 is 2.15 bits per heavy atom. The molecule has 3 aromatic rings. The zero-order valence-corrected chi connectivity index (χ0v) is 14.3. The van der Waals surface area contributed by atoms with Gasteiger partial charge in [-0.1, -0.05) is 18.2 Å². The second-order valence-corrected chi connectivity index (χ2v) is 6.69. The fourth-order valence-electron chi connectivity index (χ4n) is 2.54. The molecule has 0 spiro atoms. The SMILES string of the molecule is O=C1NC(=NCc2cccc(F)c2)S/C1=C\c1ccc2ncncc2c1. The number of halogens is 1. The summed E-state index contributed by atoms with van der Waals surface area (Å²) < 4.78 is 13.2. The van der Waals surface area contributed by atoms with Crippen LogP contribution in [0.3, 0.4) is 0 Å². The average molecular weight is 364 g/mol. The molecule has 4 rings (SSSR count). The van der Waals surface area contributed by atoms with Crippen LogP contribution in [0.1, 0.15) is 11.1 Å². The Labute approximate surface area is 153 Å². The minimum Gasteiger partial charge on any atom is -0.301 e. The Bertz CT molecular complexity index is 1060. The summed E-state index contributed by atoms with van der Waals surface area (Å²) in [6, 6.07) is 12.0. The fraction of sp³-hybridized carbons (Fsp3) is 0.0526. The van der Waals surface area contributed by atoms with E-state index in [1.54, 1.807) is 24.4 Å². The molecule has 1 saturated heterocycles. The number of amides is 1. The van der Waals surface area contributed by atoms with E-state index in [1.165, 1.54) is 30.2 Å². The number of carbonyl (C=O) groups is 1. The number of fused-ring (bicyclic) bond motifs is 1. The highest BCUT2D eigenvalue weighted by molar-refractivity contribution is 8.18. The quantitative estimate of drug-likeness (QED) is 0.722. The highest BCUT2D eigenvalue weighted by atomic mass is 32.2. The second-order valence-electron chi connectivity index (χ2n) is 5.66. The smallest absolute Gasteiger partial charge is 0.264 e. The van der Waals surface area contributed by atoms with Crippen molar-refractivity contribution in [1.29, 1.82) is 0 Å². The molecule has 0 unspecified atom stereocenters. The van der Waals surface area contributed by atoms with Crippen molar-refractivity contribution in [3.63, 3.8) is 0 Å². The van der Waals surface area contributed by atoms with Crippen molar-refractivity contribution in [2.75, 3.05) is 0 Å². The molecule has 0 radical (unpaired) electrons.